The lowest BCUT2D eigenvalue weighted by molar-refractivity contribution is -0.384. The van der Waals surface area contributed by atoms with E-state index in [0.29, 0.717) is 10.2 Å². The number of nitro groups is 1. The molecule has 2 aliphatic rings. The highest BCUT2D eigenvalue weighted by molar-refractivity contribution is 9.10. The number of hydrogen-bond acceptors (Lipinski definition) is 3. The molecule has 1 aliphatic carbocycles. The normalized spacial score (nSPS) is 23.7. The first kappa shape index (κ1) is 16.5. The fraction of sp³-hybridized carbons (Fsp3) is 0.222. The van der Waals surface area contributed by atoms with Gasteiger partial charge in [0.2, 0.25) is 0 Å². The Kier molecular flexibility index (Phi) is 4.04. The zero-order valence-electron chi connectivity index (χ0n) is 12.9. The van der Waals surface area contributed by atoms with Crippen LogP contribution in [0.2, 0.25) is 5.02 Å². The first-order valence-corrected chi connectivity index (χ1v) is 8.99. The Labute approximate surface area is 157 Å². The number of nitrogens with one attached hydrogen (secondary N) is 1. The summed E-state index contributed by atoms with van der Waals surface area (Å²) in [6.45, 7) is 0. The van der Waals surface area contributed by atoms with Gasteiger partial charge in [0, 0.05) is 16.5 Å². The summed E-state index contributed by atoms with van der Waals surface area (Å²) in [6, 6.07) is 7.91. The zero-order valence-corrected chi connectivity index (χ0v) is 15.2. The van der Waals surface area contributed by atoms with E-state index in [2.05, 4.69) is 33.4 Å². The van der Waals surface area contributed by atoms with E-state index >= 15 is 0 Å². The molecule has 7 heteroatoms. The van der Waals surface area contributed by atoms with Crippen LogP contribution >= 0.6 is 27.5 Å². The fourth-order valence-corrected chi connectivity index (χ4v) is 4.45. The van der Waals surface area contributed by atoms with Crippen molar-refractivity contribution in [3.05, 3.63) is 79.0 Å². The molecule has 1 N–H and O–H groups in total. The van der Waals surface area contributed by atoms with Gasteiger partial charge in [-0.2, -0.15) is 0 Å². The number of anilines is 1. The van der Waals surface area contributed by atoms with E-state index < -0.39 is 4.92 Å². The molecule has 0 aromatic heterocycles. The van der Waals surface area contributed by atoms with Crippen molar-refractivity contribution < 1.29 is 9.31 Å². The summed E-state index contributed by atoms with van der Waals surface area (Å²) in [5, 5.41) is 14.6. The molecule has 4 nitrogen and oxygen atoms in total. The van der Waals surface area contributed by atoms with Gasteiger partial charge in [-0.3, -0.25) is 10.1 Å². The molecular formula is C18H13BrClFN2O2. The minimum absolute atomic E-state index is 0.0722. The van der Waals surface area contributed by atoms with Gasteiger partial charge in [0.1, 0.15) is 10.8 Å². The second kappa shape index (κ2) is 6.11. The van der Waals surface area contributed by atoms with Crippen LogP contribution in [0.1, 0.15) is 29.5 Å². The number of halogens is 3. The summed E-state index contributed by atoms with van der Waals surface area (Å²) in [6.07, 6.45) is 5.00. The SMILES string of the molecule is O=[N+]([O-])c1cc([C@@H]2Nc3c(F)cc(Br)cc3[C@@H]3C=CC[C@H]32)ccc1Cl. The smallest absolute Gasteiger partial charge is 0.288 e. The zero-order chi connectivity index (χ0) is 17.7. The van der Waals surface area contributed by atoms with E-state index in [0.717, 1.165) is 17.5 Å². The number of benzene rings is 2. The van der Waals surface area contributed by atoms with Crippen LogP contribution in [0, 0.1) is 21.8 Å². The van der Waals surface area contributed by atoms with E-state index in [9.17, 15) is 14.5 Å². The average molecular weight is 424 g/mol. The Hall–Kier alpha value is -1.92. The highest BCUT2D eigenvalue weighted by Crippen LogP contribution is 2.51. The summed E-state index contributed by atoms with van der Waals surface area (Å²) >= 11 is 9.28. The number of allylic oxidation sites excluding steroid dienone is 2. The van der Waals surface area contributed by atoms with Crippen LogP contribution in [0.4, 0.5) is 15.8 Å². The molecular weight excluding hydrogens is 411 g/mol. The Morgan fingerprint density at radius 3 is 2.88 bits per heavy atom. The minimum Gasteiger partial charge on any atom is -0.375 e. The number of nitro benzene ring substituents is 1. The standard InChI is InChI=1S/C18H13BrClFN2O2/c19-10-7-13-11-2-1-3-12(11)17(22-18(13)15(21)8-10)9-4-5-14(20)16(6-9)23(24)25/h1-2,4-8,11-12,17,22H,3H2/t11-,12-,17+/m1/s1. The Bertz CT molecular complexity index is 918. The summed E-state index contributed by atoms with van der Waals surface area (Å²) in [4.78, 5) is 10.7. The van der Waals surface area contributed by atoms with Gasteiger partial charge in [-0.1, -0.05) is 45.7 Å². The minimum atomic E-state index is -0.495. The summed E-state index contributed by atoms with van der Waals surface area (Å²) in [5.74, 6) is -0.0958. The maximum Gasteiger partial charge on any atom is 0.288 e. The van der Waals surface area contributed by atoms with E-state index in [4.69, 9.17) is 11.6 Å². The molecule has 2 aromatic carbocycles. The number of nitrogens with zero attached hydrogens (tertiary/aromatic N) is 1. The van der Waals surface area contributed by atoms with Gasteiger partial charge in [0.15, 0.2) is 0 Å². The molecule has 2 aromatic rings. The van der Waals surface area contributed by atoms with Gasteiger partial charge >= 0.3 is 0 Å². The molecule has 0 bridgehead atoms. The third-order valence-corrected chi connectivity index (χ3v) is 5.69. The topological polar surface area (TPSA) is 55.2 Å². The predicted molar refractivity (Wildman–Crippen MR) is 98.6 cm³/mol. The molecule has 1 heterocycles. The molecule has 0 radical (unpaired) electrons. The number of rotatable bonds is 2. The predicted octanol–water partition coefficient (Wildman–Crippen LogP) is 5.98. The fourth-order valence-electron chi connectivity index (χ4n) is 3.81. The number of hydrogen-bond donors (Lipinski definition) is 1. The third kappa shape index (κ3) is 2.73. The Morgan fingerprint density at radius 1 is 1.32 bits per heavy atom. The van der Waals surface area contributed by atoms with Crippen molar-refractivity contribution >= 4 is 38.9 Å². The van der Waals surface area contributed by atoms with Gasteiger partial charge in [-0.05, 0) is 41.7 Å². The van der Waals surface area contributed by atoms with Crippen molar-refractivity contribution in [1.29, 1.82) is 0 Å². The van der Waals surface area contributed by atoms with Crippen molar-refractivity contribution in [1.82, 2.24) is 0 Å². The van der Waals surface area contributed by atoms with Gasteiger partial charge in [-0.15, -0.1) is 0 Å². The average Bonchev–Trinajstić information content (AvgIpc) is 3.04. The number of fused-ring (bicyclic) bond motifs is 3. The maximum absolute atomic E-state index is 14.5. The lowest BCUT2D eigenvalue weighted by Gasteiger charge is -2.37. The summed E-state index contributed by atoms with van der Waals surface area (Å²) in [5.41, 5.74) is 1.97. The molecule has 0 saturated carbocycles. The third-order valence-electron chi connectivity index (χ3n) is 4.91. The van der Waals surface area contributed by atoms with Crippen LogP contribution in [0.15, 0.2) is 47.0 Å². The van der Waals surface area contributed by atoms with Crippen LogP contribution in [-0.2, 0) is 0 Å². The summed E-state index contributed by atoms with van der Waals surface area (Å²) < 4.78 is 15.2. The molecule has 0 amide bonds. The van der Waals surface area contributed by atoms with Crippen molar-refractivity contribution in [2.24, 2.45) is 5.92 Å². The largest absolute Gasteiger partial charge is 0.375 e. The highest BCUT2D eigenvalue weighted by atomic mass is 79.9. The highest BCUT2D eigenvalue weighted by Gasteiger charge is 2.39. The van der Waals surface area contributed by atoms with E-state index in [1.807, 2.05) is 6.07 Å². The monoisotopic (exact) mass is 422 g/mol. The first-order chi connectivity index (χ1) is 12.0. The molecule has 4 rings (SSSR count). The van der Waals surface area contributed by atoms with Crippen molar-refractivity contribution in [2.75, 3.05) is 5.32 Å². The Morgan fingerprint density at radius 2 is 2.12 bits per heavy atom. The van der Waals surface area contributed by atoms with E-state index in [-0.39, 0.29) is 34.4 Å². The van der Waals surface area contributed by atoms with E-state index in [1.165, 1.54) is 18.2 Å². The van der Waals surface area contributed by atoms with Crippen LogP contribution in [0.3, 0.4) is 0 Å². The molecule has 128 valence electrons. The van der Waals surface area contributed by atoms with Gasteiger partial charge in [-0.25, -0.2) is 4.39 Å². The van der Waals surface area contributed by atoms with Gasteiger partial charge in [0.05, 0.1) is 16.7 Å². The van der Waals surface area contributed by atoms with Crippen molar-refractivity contribution in [3.63, 3.8) is 0 Å². The molecule has 3 atom stereocenters. The molecule has 25 heavy (non-hydrogen) atoms. The van der Waals surface area contributed by atoms with Gasteiger partial charge < -0.3 is 5.32 Å². The maximum atomic E-state index is 14.5. The lowest BCUT2D eigenvalue weighted by atomic mass is 9.77. The first-order valence-electron chi connectivity index (χ1n) is 7.81. The molecule has 1 aliphatic heterocycles. The molecule has 0 saturated heterocycles. The Balaban J connectivity index is 1.82. The van der Waals surface area contributed by atoms with E-state index in [1.54, 1.807) is 6.07 Å². The van der Waals surface area contributed by atoms with Crippen LogP contribution in [-0.4, -0.2) is 4.92 Å². The molecule has 0 fully saturated rings. The van der Waals surface area contributed by atoms with Crippen LogP contribution in [0.5, 0.6) is 0 Å². The van der Waals surface area contributed by atoms with Crippen molar-refractivity contribution in [3.8, 4) is 0 Å². The quantitative estimate of drug-likeness (QED) is 0.367. The second-order valence-corrected chi connectivity index (χ2v) is 7.62. The van der Waals surface area contributed by atoms with Crippen LogP contribution < -0.4 is 5.32 Å². The molecule has 0 spiro atoms. The second-order valence-electron chi connectivity index (χ2n) is 6.30. The van der Waals surface area contributed by atoms with Crippen LogP contribution in [0.25, 0.3) is 0 Å². The summed E-state index contributed by atoms with van der Waals surface area (Å²) in [7, 11) is 0. The van der Waals surface area contributed by atoms with Gasteiger partial charge in [0.25, 0.3) is 5.69 Å². The lowest BCUT2D eigenvalue weighted by Crippen LogP contribution is -2.29. The molecule has 0 unspecified atom stereocenters. The van der Waals surface area contributed by atoms with Crippen molar-refractivity contribution in [2.45, 2.75) is 18.4 Å².